The topological polar surface area (TPSA) is 75.3 Å². The Bertz CT molecular complexity index is 1760. The van der Waals surface area contributed by atoms with Gasteiger partial charge in [-0.15, -0.1) is 0 Å². The average molecular weight is 542 g/mol. The summed E-state index contributed by atoms with van der Waals surface area (Å²) in [5, 5.41) is 6.11. The van der Waals surface area contributed by atoms with Gasteiger partial charge in [0.25, 0.3) is 5.91 Å². The first kappa shape index (κ1) is 27.3. The molecular formula is C32H32FN3O4. The van der Waals surface area contributed by atoms with Crippen LogP contribution in [0, 0.1) is 18.2 Å². The van der Waals surface area contributed by atoms with E-state index in [2.05, 4.69) is 9.67 Å². The smallest absolute Gasteiger partial charge is 0.338 e. The van der Waals surface area contributed by atoms with Crippen molar-refractivity contribution in [1.82, 2.24) is 14.3 Å². The molecule has 0 aliphatic carbocycles. The lowest BCUT2D eigenvalue weighted by molar-refractivity contribution is 0.0526. The third-order valence-electron chi connectivity index (χ3n) is 6.95. The minimum atomic E-state index is -0.627. The van der Waals surface area contributed by atoms with Crippen LogP contribution in [0.3, 0.4) is 0 Å². The highest BCUT2D eigenvalue weighted by molar-refractivity contribution is 6.07. The van der Waals surface area contributed by atoms with Crippen molar-refractivity contribution in [2.45, 2.75) is 41.2 Å². The molecule has 0 radical (unpaired) electrons. The maximum Gasteiger partial charge on any atom is 0.338 e. The van der Waals surface area contributed by atoms with E-state index in [9.17, 15) is 14.0 Å². The van der Waals surface area contributed by atoms with E-state index in [1.54, 1.807) is 51.4 Å². The first-order valence-electron chi connectivity index (χ1n) is 13.2. The number of methoxy groups -OCH3 is 1. The van der Waals surface area contributed by atoms with Crippen LogP contribution in [0.1, 0.15) is 54.1 Å². The molecule has 0 N–H and O–H groups in total. The zero-order valence-electron chi connectivity index (χ0n) is 23.5. The van der Waals surface area contributed by atoms with Crippen molar-refractivity contribution >= 4 is 33.7 Å². The standard InChI is InChI=1S/C32H32FN3O4/c1-7-40-30(37)21-10-8-20(9-11-21)29-24-16-26-22(17-34-36(26)31(38)32(3,4)5)15-27(24)35(28(29)18-39-6)23-12-13-25(33)19(2)14-23/h8-17H,7,18H2,1-6H3. The van der Waals surface area contributed by atoms with Crippen molar-refractivity contribution in [3.05, 3.63) is 83.4 Å². The predicted octanol–water partition coefficient (Wildman–Crippen LogP) is 7.10. The Balaban J connectivity index is 1.85. The summed E-state index contributed by atoms with van der Waals surface area (Å²) in [5.74, 6) is -0.790. The molecule has 0 amide bonds. The zero-order chi connectivity index (χ0) is 28.8. The second kappa shape index (κ2) is 10.4. The van der Waals surface area contributed by atoms with Gasteiger partial charge in [0.15, 0.2) is 0 Å². The van der Waals surface area contributed by atoms with Gasteiger partial charge in [0.1, 0.15) is 5.82 Å². The number of aryl methyl sites for hydroxylation is 1. The van der Waals surface area contributed by atoms with E-state index in [-0.39, 0.29) is 24.3 Å². The lowest BCUT2D eigenvalue weighted by Crippen LogP contribution is -2.27. The number of aromatic nitrogens is 3. The Morgan fingerprint density at radius 2 is 1.73 bits per heavy atom. The summed E-state index contributed by atoms with van der Waals surface area (Å²) in [4.78, 5) is 25.6. The van der Waals surface area contributed by atoms with Crippen LogP contribution in [0.25, 0.3) is 38.6 Å². The average Bonchev–Trinajstić information content (AvgIpc) is 3.46. The zero-order valence-corrected chi connectivity index (χ0v) is 23.5. The molecule has 40 heavy (non-hydrogen) atoms. The lowest BCUT2D eigenvalue weighted by Gasteiger charge is -2.16. The highest BCUT2D eigenvalue weighted by Gasteiger charge is 2.27. The van der Waals surface area contributed by atoms with E-state index in [1.807, 2.05) is 45.0 Å². The fourth-order valence-corrected chi connectivity index (χ4v) is 4.99. The van der Waals surface area contributed by atoms with E-state index in [1.165, 1.54) is 10.7 Å². The van der Waals surface area contributed by atoms with E-state index in [0.717, 1.165) is 38.8 Å². The summed E-state index contributed by atoms with van der Waals surface area (Å²) in [6.45, 7) is 9.65. The Kier molecular flexibility index (Phi) is 7.06. The third-order valence-corrected chi connectivity index (χ3v) is 6.95. The Morgan fingerprint density at radius 3 is 2.35 bits per heavy atom. The number of halogens is 1. The van der Waals surface area contributed by atoms with Gasteiger partial charge in [0.05, 0.1) is 41.7 Å². The summed E-state index contributed by atoms with van der Waals surface area (Å²) >= 11 is 0. The number of carbonyl (C=O) groups is 2. The maximum atomic E-state index is 14.3. The summed E-state index contributed by atoms with van der Waals surface area (Å²) in [5.41, 5.74) is 5.26. The normalized spacial score (nSPS) is 11.9. The van der Waals surface area contributed by atoms with Gasteiger partial charge in [-0.2, -0.15) is 9.78 Å². The van der Waals surface area contributed by atoms with Crippen molar-refractivity contribution in [3.63, 3.8) is 0 Å². The van der Waals surface area contributed by atoms with E-state index in [4.69, 9.17) is 9.47 Å². The van der Waals surface area contributed by atoms with Crippen molar-refractivity contribution in [2.24, 2.45) is 5.41 Å². The van der Waals surface area contributed by atoms with Gasteiger partial charge in [-0.3, -0.25) is 4.79 Å². The maximum absolute atomic E-state index is 14.3. The Hall–Kier alpha value is -4.30. The molecule has 5 aromatic rings. The van der Waals surface area contributed by atoms with Gasteiger partial charge in [-0.1, -0.05) is 32.9 Å². The van der Waals surface area contributed by atoms with E-state index >= 15 is 0 Å². The number of nitrogens with zero attached hydrogens (tertiary/aromatic N) is 3. The van der Waals surface area contributed by atoms with Crippen LogP contribution in [0.15, 0.2) is 60.8 Å². The minimum Gasteiger partial charge on any atom is -0.462 e. The Labute approximate surface area is 232 Å². The van der Waals surface area contributed by atoms with Gasteiger partial charge in [-0.25, -0.2) is 9.18 Å². The molecule has 0 aliphatic heterocycles. The second-order valence-corrected chi connectivity index (χ2v) is 10.9. The van der Waals surface area contributed by atoms with Crippen LogP contribution in [0.5, 0.6) is 0 Å². The molecule has 3 aromatic carbocycles. The number of benzene rings is 3. The van der Waals surface area contributed by atoms with Crippen molar-refractivity contribution in [1.29, 1.82) is 0 Å². The van der Waals surface area contributed by atoms with Crippen molar-refractivity contribution in [3.8, 4) is 16.8 Å². The number of hydrogen-bond acceptors (Lipinski definition) is 5. The Morgan fingerprint density at radius 1 is 1.00 bits per heavy atom. The van der Waals surface area contributed by atoms with Gasteiger partial charge >= 0.3 is 5.97 Å². The first-order chi connectivity index (χ1) is 19.0. The summed E-state index contributed by atoms with van der Waals surface area (Å²) in [6, 6.07) is 16.2. The van der Waals surface area contributed by atoms with Crippen LogP contribution in [-0.4, -0.2) is 39.9 Å². The fraction of sp³-hybridized carbons (Fsp3) is 0.281. The number of esters is 1. The summed E-state index contributed by atoms with van der Waals surface area (Å²) < 4.78 is 28.6. The molecule has 0 aliphatic rings. The fourth-order valence-electron chi connectivity index (χ4n) is 4.99. The molecule has 0 fully saturated rings. The summed E-state index contributed by atoms with van der Waals surface area (Å²) in [7, 11) is 1.63. The number of fused-ring (bicyclic) bond motifs is 2. The van der Waals surface area contributed by atoms with Crippen molar-refractivity contribution in [2.75, 3.05) is 13.7 Å². The SMILES string of the molecule is CCOC(=O)c1ccc(-c2c(COC)n(-c3ccc(F)c(C)c3)c3cc4cnn(C(=O)C(C)(C)C)c4cc23)cc1. The van der Waals surface area contributed by atoms with E-state index < -0.39 is 5.41 Å². The molecule has 0 spiro atoms. The van der Waals surface area contributed by atoms with Crippen LogP contribution in [0.2, 0.25) is 0 Å². The van der Waals surface area contributed by atoms with Crippen LogP contribution < -0.4 is 0 Å². The number of hydrogen-bond donors (Lipinski definition) is 0. The first-order valence-corrected chi connectivity index (χ1v) is 13.2. The molecule has 0 unspecified atom stereocenters. The molecule has 8 heteroatoms. The van der Waals surface area contributed by atoms with Crippen molar-refractivity contribution < 1.29 is 23.5 Å². The van der Waals surface area contributed by atoms with Gasteiger partial charge in [0, 0.05) is 34.5 Å². The lowest BCUT2D eigenvalue weighted by atomic mass is 9.95. The number of rotatable bonds is 6. The highest BCUT2D eigenvalue weighted by Crippen LogP contribution is 2.40. The monoisotopic (exact) mass is 541 g/mol. The summed E-state index contributed by atoms with van der Waals surface area (Å²) in [6.07, 6.45) is 1.69. The van der Waals surface area contributed by atoms with Crippen LogP contribution >= 0.6 is 0 Å². The molecule has 7 nitrogen and oxygen atoms in total. The molecule has 0 saturated carbocycles. The second-order valence-electron chi connectivity index (χ2n) is 10.9. The number of ether oxygens (including phenoxy) is 2. The molecular weight excluding hydrogens is 509 g/mol. The third kappa shape index (κ3) is 4.69. The van der Waals surface area contributed by atoms with E-state index in [0.29, 0.717) is 23.3 Å². The van der Waals surface area contributed by atoms with Crippen LogP contribution in [0.4, 0.5) is 4.39 Å². The number of carbonyl (C=O) groups excluding carboxylic acids is 2. The van der Waals surface area contributed by atoms with Crippen LogP contribution in [-0.2, 0) is 16.1 Å². The van der Waals surface area contributed by atoms with Gasteiger partial charge in [-0.05, 0) is 67.4 Å². The minimum absolute atomic E-state index is 0.118. The molecule has 2 aromatic heterocycles. The molecule has 0 saturated heterocycles. The van der Waals surface area contributed by atoms with Gasteiger partial charge in [0.2, 0.25) is 0 Å². The van der Waals surface area contributed by atoms with Gasteiger partial charge < -0.3 is 14.0 Å². The predicted molar refractivity (Wildman–Crippen MR) is 153 cm³/mol. The molecule has 206 valence electrons. The largest absolute Gasteiger partial charge is 0.462 e. The molecule has 2 heterocycles. The molecule has 0 atom stereocenters. The molecule has 0 bridgehead atoms. The quantitative estimate of drug-likeness (QED) is 0.214. The molecule has 5 rings (SSSR count). The highest BCUT2D eigenvalue weighted by atomic mass is 19.1.